The van der Waals surface area contributed by atoms with Gasteiger partial charge in [-0.05, 0) is 49.1 Å². The molecule has 2 bridgehead atoms. The molecule has 1 amide bonds. The maximum Gasteiger partial charge on any atom is 0.270 e. The number of aromatic nitrogens is 1. The zero-order valence-electron chi connectivity index (χ0n) is 14.7. The number of hydrogen-bond donors (Lipinski definition) is 2. The van der Waals surface area contributed by atoms with Crippen molar-refractivity contribution in [3.05, 3.63) is 51.7 Å². The molecule has 1 aromatic heterocycles. The van der Waals surface area contributed by atoms with Crippen molar-refractivity contribution < 1.29 is 9.18 Å². The summed E-state index contributed by atoms with van der Waals surface area (Å²) in [6.07, 6.45) is 5.93. The van der Waals surface area contributed by atoms with Crippen LogP contribution in [0, 0.1) is 17.7 Å². The SMILES string of the molecule is NC1CC2CCCC(C1)C2NC(=O)c1csc(Cc2ccccc2F)n1. The lowest BCUT2D eigenvalue weighted by Gasteiger charge is -2.45. The predicted molar refractivity (Wildman–Crippen MR) is 101 cm³/mol. The van der Waals surface area contributed by atoms with Crippen molar-refractivity contribution in [2.75, 3.05) is 0 Å². The van der Waals surface area contributed by atoms with Gasteiger partial charge >= 0.3 is 0 Å². The highest BCUT2D eigenvalue weighted by Gasteiger charge is 2.40. The number of halogens is 1. The van der Waals surface area contributed by atoms with E-state index in [0.29, 0.717) is 29.5 Å². The smallest absolute Gasteiger partial charge is 0.270 e. The van der Waals surface area contributed by atoms with Crippen LogP contribution in [0.3, 0.4) is 0 Å². The first kappa shape index (κ1) is 17.6. The maximum absolute atomic E-state index is 13.8. The Bertz CT molecular complexity index is 779. The molecule has 0 saturated heterocycles. The highest BCUT2D eigenvalue weighted by molar-refractivity contribution is 7.09. The summed E-state index contributed by atoms with van der Waals surface area (Å²) in [5.41, 5.74) is 7.20. The number of hydrogen-bond acceptors (Lipinski definition) is 4. The minimum absolute atomic E-state index is 0.113. The summed E-state index contributed by atoms with van der Waals surface area (Å²) in [6.45, 7) is 0. The van der Waals surface area contributed by atoms with Crippen molar-refractivity contribution in [1.82, 2.24) is 10.3 Å². The van der Waals surface area contributed by atoms with E-state index in [1.807, 2.05) is 6.07 Å². The number of carbonyl (C=O) groups excluding carboxylic acids is 1. The normalized spacial score (nSPS) is 27.9. The van der Waals surface area contributed by atoms with Gasteiger partial charge in [-0.3, -0.25) is 4.79 Å². The van der Waals surface area contributed by atoms with Gasteiger partial charge in [0, 0.05) is 23.9 Å². The standard InChI is InChI=1S/C20H24FN3OS/c21-16-7-2-1-4-12(16)10-18-23-17(11-26-18)20(25)24-19-13-5-3-6-14(19)9-15(22)8-13/h1-2,4,7,11,13-15,19H,3,5-6,8-10,22H2,(H,24,25). The van der Waals surface area contributed by atoms with E-state index >= 15 is 0 Å². The first-order chi connectivity index (χ1) is 12.6. The third-order valence-electron chi connectivity index (χ3n) is 5.76. The molecule has 3 N–H and O–H groups in total. The second-order valence-corrected chi connectivity index (χ2v) is 8.52. The Hall–Kier alpha value is -1.79. The molecule has 0 spiro atoms. The van der Waals surface area contributed by atoms with Gasteiger partial charge in [0.2, 0.25) is 0 Å². The quantitative estimate of drug-likeness (QED) is 0.862. The molecule has 1 aromatic carbocycles. The lowest BCUT2D eigenvalue weighted by molar-refractivity contribution is 0.0752. The van der Waals surface area contributed by atoms with Crippen LogP contribution in [0.4, 0.5) is 4.39 Å². The number of rotatable bonds is 4. The van der Waals surface area contributed by atoms with Gasteiger partial charge in [-0.2, -0.15) is 0 Å². The van der Waals surface area contributed by atoms with Gasteiger partial charge in [0.15, 0.2) is 0 Å². The fourth-order valence-electron chi connectivity index (χ4n) is 4.55. The van der Waals surface area contributed by atoms with Gasteiger partial charge in [0.25, 0.3) is 5.91 Å². The van der Waals surface area contributed by atoms with Crippen molar-refractivity contribution in [1.29, 1.82) is 0 Å². The minimum atomic E-state index is -0.236. The molecule has 2 atom stereocenters. The third kappa shape index (κ3) is 3.67. The fourth-order valence-corrected chi connectivity index (χ4v) is 5.35. The summed E-state index contributed by atoms with van der Waals surface area (Å²) in [4.78, 5) is 17.1. The first-order valence-electron chi connectivity index (χ1n) is 9.34. The molecule has 2 aromatic rings. The molecule has 4 rings (SSSR count). The zero-order chi connectivity index (χ0) is 18.1. The molecule has 2 unspecified atom stereocenters. The Morgan fingerprint density at radius 2 is 2.00 bits per heavy atom. The zero-order valence-corrected chi connectivity index (χ0v) is 15.5. The Kier molecular flexibility index (Phi) is 5.05. The van der Waals surface area contributed by atoms with E-state index in [0.717, 1.165) is 30.7 Å². The van der Waals surface area contributed by atoms with Crippen LogP contribution in [0.25, 0.3) is 0 Å². The van der Waals surface area contributed by atoms with Crippen LogP contribution in [0.15, 0.2) is 29.6 Å². The summed E-state index contributed by atoms with van der Waals surface area (Å²) in [6, 6.07) is 7.17. The Labute approximate surface area is 157 Å². The number of nitrogens with zero attached hydrogens (tertiary/aromatic N) is 1. The van der Waals surface area contributed by atoms with Crippen molar-refractivity contribution in [3.8, 4) is 0 Å². The molecule has 2 aliphatic carbocycles. The first-order valence-corrected chi connectivity index (χ1v) is 10.2. The number of nitrogens with one attached hydrogen (secondary N) is 1. The van der Waals surface area contributed by atoms with Gasteiger partial charge < -0.3 is 11.1 Å². The monoisotopic (exact) mass is 373 g/mol. The molecule has 2 aliphatic rings. The number of fused-ring (bicyclic) bond motifs is 2. The van der Waals surface area contributed by atoms with Gasteiger partial charge in [0.05, 0.1) is 5.01 Å². The predicted octanol–water partition coefficient (Wildman–Crippen LogP) is 3.51. The van der Waals surface area contributed by atoms with Gasteiger partial charge in [-0.1, -0.05) is 24.6 Å². The number of nitrogens with two attached hydrogens (primary N) is 1. The third-order valence-corrected chi connectivity index (χ3v) is 6.61. The summed E-state index contributed by atoms with van der Waals surface area (Å²) >= 11 is 1.41. The Morgan fingerprint density at radius 3 is 2.73 bits per heavy atom. The molecule has 6 heteroatoms. The molecule has 0 aliphatic heterocycles. The summed E-state index contributed by atoms with van der Waals surface area (Å²) < 4.78 is 13.8. The van der Waals surface area contributed by atoms with Crippen LogP contribution in [-0.2, 0) is 6.42 Å². The molecular weight excluding hydrogens is 349 g/mol. The highest BCUT2D eigenvalue weighted by atomic mass is 32.1. The largest absolute Gasteiger partial charge is 0.347 e. The van der Waals surface area contributed by atoms with Crippen LogP contribution < -0.4 is 11.1 Å². The van der Waals surface area contributed by atoms with Crippen molar-refractivity contribution in [2.45, 2.75) is 50.6 Å². The topological polar surface area (TPSA) is 68.0 Å². The minimum Gasteiger partial charge on any atom is -0.347 e. The van der Waals surface area contributed by atoms with Crippen LogP contribution >= 0.6 is 11.3 Å². The van der Waals surface area contributed by atoms with Crippen LogP contribution in [0.1, 0.15) is 53.2 Å². The fraction of sp³-hybridized carbons (Fsp3) is 0.500. The number of carbonyl (C=O) groups is 1. The van der Waals surface area contributed by atoms with E-state index < -0.39 is 0 Å². The highest BCUT2D eigenvalue weighted by Crippen LogP contribution is 2.39. The molecule has 0 radical (unpaired) electrons. The molecule has 2 saturated carbocycles. The van der Waals surface area contributed by atoms with Crippen molar-refractivity contribution in [2.24, 2.45) is 17.6 Å². The second-order valence-electron chi connectivity index (χ2n) is 7.58. The molecule has 26 heavy (non-hydrogen) atoms. The van der Waals surface area contributed by atoms with E-state index in [2.05, 4.69) is 10.3 Å². The van der Waals surface area contributed by atoms with Gasteiger partial charge in [-0.15, -0.1) is 11.3 Å². The average molecular weight is 373 g/mol. The average Bonchev–Trinajstić information content (AvgIpc) is 3.06. The lowest BCUT2D eigenvalue weighted by atomic mass is 9.67. The summed E-state index contributed by atoms with van der Waals surface area (Å²) in [7, 11) is 0. The van der Waals surface area contributed by atoms with E-state index in [-0.39, 0.29) is 23.8 Å². The van der Waals surface area contributed by atoms with E-state index in [1.165, 1.54) is 23.8 Å². The van der Waals surface area contributed by atoms with E-state index in [4.69, 9.17) is 5.73 Å². The van der Waals surface area contributed by atoms with Crippen LogP contribution in [-0.4, -0.2) is 23.0 Å². The van der Waals surface area contributed by atoms with E-state index in [1.54, 1.807) is 17.5 Å². The van der Waals surface area contributed by atoms with Crippen molar-refractivity contribution in [3.63, 3.8) is 0 Å². The van der Waals surface area contributed by atoms with E-state index in [9.17, 15) is 9.18 Å². The summed E-state index contributed by atoms with van der Waals surface area (Å²) in [5, 5.41) is 5.75. The Balaban J connectivity index is 1.43. The second kappa shape index (κ2) is 7.45. The molecule has 2 fully saturated rings. The Morgan fingerprint density at radius 1 is 1.27 bits per heavy atom. The van der Waals surface area contributed by atoms with Gasteiger partial charge in [0.1, 0.15) is 11.5 Å². The molecule has 138 valence electrons. The molecule has 1 heterocycles. The van der Waals surface area contributed by atoms with Gasteiger partial charge in [-0.25, -0.2) is 9.37 Å². The van der Waals surface area contributed by atoms with Crippen LogP contribution in [0.5, 0.6) is 0 Å². The maximum atomic E-state index is 13.8. The molecular formula is C20H24FN3OS. The number of benzene rings is 1. The number of amides is 1. The van der Waals surface area contributed by atoms with Crippen molar-refractivity contribution >= 4 is 17.2 Å². The number of thiazole rings is 1. The lowest BCUT2D eigenvalue weighted by Crippen LogP contribution is -2.53. The molecule has 4 nitrogen and oxygen atoms in total. The summed E-state index contributed by atoms with van der Waals surface area (Å²) in [5.74, 6) is 0.620. The van der Waals surface area contributed by atoms with Crippen LogP contribution in [0.2, 0.25) is 0 Å².